The van der Waals surface area contributed by atoms with Gasteiger partial charge in [-0.25, -0.2) is 0 Å². The van der Waals surface area contributed by atoms with Crippen LogP contribution in [-0.2, 0) is 6.54 Å². The highest BCUT2D eigenvalue weighted by atomic mass is 16.3. The largest absolute Gasteiger partial charge is 0.508 e. The van der Waals surface area contributed by atoms with Gasteiger partial charge in [0.1, 0.15) is 11.5 Å². The molecule has 0 aromatic heterocycles. The second-order valence-electron chi connectivity index (χ2n) is 6.32. The van der Waals surface area contributed by atoms with Crippen LogP contribution >= 0.6 is 0 Å². The van der Waals surface area contributed by atoms with Crippen molar-refractivity contribution in [3.8, 4) is 11.5 Å². The molecule has 1 aromatic carbocycles. The van der Waals surface area contributed by atoms with E-state index in [4.69, 9.17) is 0 Å². The first-order chi connectivity index (χ1) is 9.13. The second-order valence-corrected chi connectivity index (χ2v) is 6.32. The Labute approximate surface area is 114 Å². The molecule has 0 radical (unpaired) electrons. The topological polar surface area (TPSA) is 52.5 Å². The number of phenols is 2. The van der Waals surface area contributed by atoms with Crippen molar-refractivity contribution in [3.05, 3.63) is 23.8 Å². The van der Waals surface area contributed by atoms with Gasteiger partial charge in [-0.15, -0.1) is 0 Å². The van der Waals surface area contributed by atoms with Gasteiger partial charge < -0.3 is 15.5 Å². The van der Waals surface area contributed by atoms with Crippen molar-refractivity contribution >= 4 is 0 Å². The highest BCUT2D eigenvalue weighted by molar-refractivity contribution is 5.38. The lowest BCUT2D eigenvalue weighted by atomic mass is 9.84. The standard InChI is InChI=1S/C16H23NO2/c1-10(15-7-11-2-3-12(15)6-11)17-9-13-4-5-14(18)8-16(13)19/h4-5,8,10-12,15,17-19H,2-3,6-7,9H2,1H3. The number of fused-ring (bicyclic) bond motifs is 2. The Balaban J connectivity index is 1.57. The average Bonchev–Trinajstić information content (AvgIpc) is 2.99. The van der Waals surface area contributed by atoms with E-state index >= 15 is 0 Å². The Hall–Kier alpha value is -1.22. The molecule has 0 heterocycles. The van der Waals surface area contributed by atoms with Crippen molar-refractivity contribution in [3.63, 3.8) is 0 Å². The van der Waals surface area contributed by atoms with Gasteiger partial charge in [-0.1, -0.05) is 12.5 Å². The summed E-state index contributed by atoms with van der Waals surface area (Å²) < 4.78 is 0. The Morgan fingerprint density at radius 1 is 1.26 bits per heavy atom. The molecule has 0 saturated heterocycles. The second kappa shape index (κ2) is 5.04. The minimum Gasteiger partial charge on any atom is -0.508 e. The predicted octanol–water partition coefficient (Wildman–Crippen LogP) is 3.01. The molecule has 0 amide bonds. The van der Waals surface area contributed by atoms with Crippen LogP contribution in [0.5, 0.6) is 11.5 Å². The van der Waals surface area contributed by atoms with Crippen LogP contribution in [0.15, 0.2) is 18.2 Å². The smallest absolute Gasteiger partial charge is 0.123 e. The molecule has 19 heavy (non-hydrogen) atoms. The van der Waals surface area contributed by atoms with Gasteiger partial charge in [0.2, 0.25) is 0 Å². The molecular weight excluding hydrogens is 238 g/mol. The first kappa shape index (κ1) is 12.8. The van der Waals surface area contributed by atoms with Crippen molar-refractivity contribution in [2.75, 3.05) is 0 Å². The molecule has 0 spiro atoms. The van der Waals surface area contributed by atoms with E-state index in [1.54, 1.807) is 12.1 Å². The van der Waals surface area contributed by atoms with Crippen LogP contribution in [0, 0.1) is 17.8 Å². The van der Waals surface area contributed by atoms with Crippen molar-refractivity contribution in [1.29, 1.82) is 0 Å². The molecule has 3 N–H and O–H groups in total. The van der Waals surface area contributed by atoms with Crippen molar-refractivity contribution in [1.82, 2.24) is 5.32 Å². The Morgan fingerprint density at radius 3 is 2.74 bits per heavy atom. The normalized spacial score (nSPS) is 30.7. The monoisotopic (exact) mass is 261 g/mol. The van der Waals surface area contributed by atoms with Gasteiger partial charge in [-0.05, 0) is 50.0 Å². The molecule has 3 nitrogen and oxygen atoms in total. The third-order valence-electron chi connectivity index (χ3n) is 5.12. The number of rotatable bonds is 4. The van der Waals surface area contributed by atoms with Crippen LogP contribution in [-0.4, -0.2) is 16.3 Å². The Bertz CT molecular complexity index is 460. The fourth-order valence-corrected chi connectivity index (χ4v) is 4.03. The summed E-state index contributed by atoms with van der Waals surface area (Å²) in [6.07, 6.45) is 5.65. The molecule has 3 heteroatoms. The number of hydrogen-bond acceptors (Lipinski definition) is 3. The number of phenolic OH excluding ortho intramolecular Hbond substituents is 2. The van der Waals surface area contributed by atoms with Gasteiger partial charge in [0.05, 0.1) is 0 Å². The summed E-state index contributed by atoms with van der Waals surface area (Å²) in [7, 11) is 0. The molecule has 2 aliphatic carbocycles. The van der Waals surface area contributed by atoms with Gasteiger partial charge in [-0.3, -0.25) is 0 Å². The molecule has 0 aliphatic heterocycles. The molecule has 2 aliphatic rings. The number of aromatic hydroxyl groups is 2. The van der Waals surface area contributed by atoms with E-state index in [0.29, 0.717) is 12.6 Å². The number of hydrogen-bond donors (Lipinski definition) is 3. The van der Waals surface area contributed by atoms with E-state index < -0.39 is 0 Å². The summed E-state index contributed by atoms with van der Waals surface area (Å²) in [6, 6.07) is 5.31. The van der Waals surface area contributed by atoms with Crippen LogP contribution in [0.3, 0.4) is 0 Å². The van der Waals surface area contributed by atoms with Gasteiger partial charge in [0.15, 0.2) is 0 Å². The Morgan fingerprint density at radius 2 is 2.11 bits per heavy atom. The third kappa shape index (κ3) is 2.57. The van der Waals surface area contributed by atoms with Crippen LogP contribution in [0.1, 0.15) is 38.2 Å². The zero-order valence-corrected chi connectivity index (χ0v) is 11.5. The molecular formula is C16H23NO2. The summed E-state index contributed by atoms with van der Waals surface area (Å²) in [6.45, 7) is 2.93. The summed E-state index contributed by atoms with van der Waals surface area (Å²) in [4.78, 5) is 0. The zero-order chi connectivity index (χ0) is 13.4. The van der Waals surface area contributed by atoms with Gasteiger partial charge >= 0.3 is 0 Å². The van der Waals surface area contributed by atoms with E-state index in [2.05, 4.69) is 12.2 Å². The fraction of sp³-hybridized carbons (Fsp3) is 0.625. The van der Waals surface area contributed by atoms with Crippen LogP contribution in [0.2, 0.25) is 0 Å². The fourth-order valence-electron chi connectivity index (χ4n) is 4.03. The molecule has 2 bridgehead atoms. The van der Waals surface area contributed by atoms with E-state index in [9.17, 15) is 10.2 Å². The molecule has 1 aromatic rings. The maximum absolute atomic E-state index is 9.77. The lowest BCUT2D eigenvalue weighted by molar-refractivity contribution is 0.259. The minimum absolute atomic E-state index is 0.113. The van der Waals surface area contributed by atoms with Gasteiger partial charge in [0.25, 0.3) is 0 Å². The van der Waals surface area contributed by atoms with Crippen molar-refractivity contribution in [2.45, 2.75) is 45.2 Å². The van der Waals surface area contributed by atoms with Crippen LogP contribution in [0.4, 0.5) is 0 Å². The highest BCUT2D eigenvalue weighted by Crippen LogP contribution is 2.49. The maximum atomic E-state index is 9.77. The Kier molecular flexibility index (Phi) is 3.40. The first-order valence-electron chi connectivity index (χ1n) is 7.37. The highest BCUT2D eigenvalue weighted by Gasteiger charge is 2.41. The van der Waals surface area contributed by atoms with Crippen molar-refractivity contribution < 1.29 is 10.2 Å². The molecule has 2 fully saturated rings. The van der Waals surface area contributed by atoms with E-state index in [0.717, 1.165) is 23.3 Å². The van der Waals surface area contributed by atoms with Crippen LogP contribution in [0.25, 0.3) is 0 Å². The third-order valence-corrected chi connectivity index (χ3v) is 5.12. The maximum Gasteiger partial charge on any atom is 0.123 e. The zero-order valence-electron chi connectivity index (χ0n) is 11.5. The summed E-state index contributed by atoms with van der Waals surface area (Å²) in [5.74, 6) is 2.98. The van der Waals surface area contributed by atoms with E-state index in [1.807, 2.05) is 0 Å². The van der Waals surface area contributed by atoms with Crippen molar-refractivity contribution in [2.24, 2.45) is 17.8 Å². The predicted molar refractivity (Wildman–Crippen MR) is 75.0 cm³/mol. The van der Waals surface area contributed by atoms with Crippen LogP contribution < -0.4 is 5.32 Å². The van der Waals surface area contributed by atoms with Gasteiger partial charge in [-0.2, -0.15) is 0 Å². The average molecular weight is 261 g/mol. The summed E-state index contributed by atoms with van der Waals surface area (Å²) in [5, 5.41) is 22.6. The number of benzene rings is 1. The molecule has 104 valence electrons. The summed E-state index contributed by atoms with van der Waals surface area (Å²) in [5.41, 5.74) is 0.854. The number of nitrogens with one attached hydrogen (secondary N) is 1. The molecule has 2 saturated carbocycles. The lowest BCUT2D eigenvalue weighted by Gasteiger charge is -2.28. The van der Waals surface area contributed by atoms with E-state index in [1.165, 1.54) is 31.7 Å². The van der Waals surface area contributed by atoms with Gasteiger partial charge in [0, 0.05) is 24.2 Å². The molecule has 4 unspecified atom stereocenters. The lowest BCUT2D eigenvalue weighted by Crippen LogP contribution is -2.35. The first-order valence-corrected chi connectivity index (χ1v) is 7.37. The SMILES string of the molecule is CC(NCc1ccc(O)cc1O)C1CC2CCC1C2. The summed E-state index contributed by atoms with van der Waals surface area (Å²) >= 11 is 0. The van der Waals surface area contributed by atoms with E-state index in [-0.39, 0.29) is 11.5 Å². The molecule has 4 atom stereocenters. The minimum atomic E-state index is 0.113. The molecule has 3 rings (SSSR count). The quantitative estimate of drug-likeness (QED) is 0.781.